The maximum atomic E-state index is 13.9. The van der Waals surface area contributed by atoms with Crippen molar-refractivity contribution in [3.8, 4) is 0 Å². The number of piperidine rings is 1. The smallest absolute Gasteiger partial charge is 0.254 e. The van der Waals surface area contributed by atoms with Crippen LogP contribution in [0.15, 0.2) is 48.3 Å². The largest absolute Gasteiger partial charge is 0.494 e. The summed E-state index contributed by atoms with van der Waals surface area (Å²) in [5.41, 5.74) is 2.24. The van der Waals surface area contributed by atoms with Crippen LogP contribution in [-0.4, -0.2) is 78.6 Å². The summed E-state index contributed by atoms with van der Waals surface area (Å²) in [5, 5.41) is 0. The predicted molar refractivity (Wildman–Crippen MR) is 149 cm³/mol. The molecular formula is C31H44FN3O2. The van der Waals surface area contributed by atoms with Gasteiger partial charge in [0.1, 0.15) is 11.6 Å². The van der Waals surface area contributed by atoms with Gasteiger partial charge in [-0.05, 0) is 87.9 Å². The molecule has 2 atom stereocenters. The summed E-state index contributed by atoms with van der Waals surface area (Å²) in [6.45, 7) is 12.4. The Morgan fingerprint density at radius 1 is 1.16 bits per heavy atom. The van der Waals surface area contributed by atoms with Crippen molar-refractivity contribution in [2.75, 3.05) is 45.9 Å². The van der Waals surface area contributed by atoms with E-state index in [4.69, 9.17) is 4.74 Å². The van der Waals surface area contributed by atoms with E-state index in [1.165, 1.54) is 37.9 Å². The number of piperazine rings is 1. The van der Waals surface area contributed by atoms with Gasteiger partial charge in [0.15, 0.2) is 0 Å². The molecule has 3 aliphatic rings. The molecule has 202 valence electrons. The number of hydrogen-bond donors (Lipinski definition) is 0. The van der Waals surface area contributed by atoms with Gasteiger partial charge in [-0.2, -0.15) is 0 Å². The third-order valence-electron chi connectivity index (χ3n) is 8.04. The second-order valence-electron chi connectivity index (χ2n) is 10.7. The van der Waals surface area contributed by atoms with Gasteiger partial charge in [-0.1, -0.05) is 31.6 Å². The Labute approximate surface area is 222 Å². The number of allylic oxidation sites excluding steroid dienone is 2. The van der Waals surface area contributed by atoms with Gasteiger partial charge in [0.25, 0.3) is 5.91 Å². The number of likely N-dealkylation sites (tertiary alicyclic amines) is 1. The molecule has 0 radical (unpaired) electrons. The number of ether oxygens (including phenoxy) is 1. The van der Waals surface area contributed by atoms with Gasteiger partial charge < -0.3 is 14.5 Å². The molecule has 1 aromatic carbocycles. The molecule has 4 rings (SSSR count). The van der Waals surface area contributed by atoms with Gasteiger partial charge in [0.2, 0.25) is 0 Å². The van der Waals surface area contributed by atoms with Crippen LogP contribution in [0.2, 0.25) is 0 Å². The van der Waals surface area contributed by atoms with Crippen molar-refractivity contribution in [2.24, 2.45) is 0 Å². The Morgan fingerprint density at radius 2 is 1.97 bits per heavy atom. The van der Waals surface area contributed by atoms with Crippen molar-refractivity contribution < 1.29 is 13.9 Å². The topological polar surface area (TPSA) is 36.0 Å². The first-order valence-electron chi connectivity index (χ1n) is 14.2. The molecule has 0 aromatic heterocycles. The maximum absolute atomic E-state index is 13.9. The normalized spacial score (nSPS) is 23.7. The minimum Gasteiger partial charge on any atom is -0.494 e. The molecular weight excluding hydrogens is 465 g/mol. The Balaban J connectivity index is 1.22. The molecule has 2 aliphatic heterocycles. The van der Waals surface area contributed by atoms with Crippen molar-refractivity contribution in [3.63, 3.8) is 0 Å². The average molecular weight is 510 g/mol. The van der Waals surface area contributed by atoms with Crippen LogP contribution >= 0.6 is 0 Å². The monoisotopic (exact) mass is 509 g/mol. The van der Waals surface area contributed by atoms with Crippen LogP contribution in [0.25, 0.3) is 5.57 Å². The van der Waals surface area contributed by atoms with Crippen LogP contribution in [0.5, 0.6) is 0 Å². The van der Waals surface area contributed by atoms with Gasteiger partial charge in [0, 0.05) is 50.4 Å². The van der Waals surface area contributed by atoms with Crippen molar-refractivity contribution in [2.45, 2.75) is 71.4 Å². The van der Waals surface area contributed by atoms with Gasteiger partial charge in [-0.3, -0.25) is 9.69 Å². The van der Waals surface area contributed by atoms with Crippen LogP contribution in [0.1, 0.15) is 63.5 Å². The summed E-state index contributed by atoms with van der Waals surface area (Å²) in [6.07, 6.45) is 15.3. The highest BCUT2D eigenvalue weighted by molar-refractivity contribution is 6.19. The molecule has 0 bridgehead atoms. The summed E-state index contributed by atoms with van der Waals surface area (Å²) in [4.78, 5) is 20.4. The summed E-state index contributed by atoms with van der Waals surface area (Å²) in [5.74, 6) is 0.679. The molecule has 2 saturated heterocycles. The molecule has 0 saturated carbocycles. The molecule has 0 spiro atoms. The lowest BCUT2D eigenvalue weighted by atomic mass is 9.97. The zero-order chi connectivity index (χ0) is 26.2. The lowest BCUT2D eigenvalue weighted by Crippen LogP contribution is -2.51. The van der Waals surface area contributed by atoms with E-state index in [1.807, 2.05) is 24.8 Å². The van der Waals surface area contributed by atoms with Crippen LogP contribution in [-0.2, 0) is 9.53 Å². The standard InChI is InChI=1S/C31H44FN3O2/c1-4-8-29(30-23-26(32)11-10-24(30)2)31(36)35-20-18-34(19-21-35)27-12-14-28(15-13-27)37-22-7-17-33-16-6-5-9-25(33)3/h8,10-12,14-15,23,25,27H,4-7,9,13,16-22H2,1-3H3/b29-8+. The van der Waals surface area contributed by atoms with Crippen molar-refractivity contribution in [1.82, 2.24) is 14.7 Å². The number of hydrogen-bond acceptors (Lipinski definition) is 4. The van der Waals surface area contributed by atoms with E-state index in [2.05, 4.69) is 35.0 Å². The Bertz CT molecular complexity index is 1010. The minimum atomic E-state index is -0.308. The SMILES string of the molecule is CC/C=C(/C(=O)N1CCN(C2C=CC(OCCCN3CCCCC3C)=CC2)CC1)c1cc(F)ccc1C. The third kappa shape index (κ3) is 7.32. The van der Waals surface area contributed by atoms with Crippen LogP contribution in [0, 0.1) is 12.7 Å². The van der Waals surface area contributed by atoms with E-state index >= 15 is 0 Å². The quantitative estimate of drug-likeness (QED) is 0.322. The number of aryl methyl sites for hydroxylation is 1. The van der Waals surface area contributed by atoms with E-state index in [1.54, 1.807) is 6.07 Å². The summed E-state index contributed by atoms with van der Waals surface area (Å²) >= 11 is 0. The van der Waals surface area contributed by atoms with E-state index in [0.29, 0.717) is 36.3 Å². The first-order valence-corrected chi connectivity index (χ1v) is 14.2. The number of nitrogens with zero attached hydrogens (tertiary/aromatic N) is 3. The number of halogens is 1. The van der Waals surface area contributed by atoms with Crippen LogP contribution in [0.3, 0.4) is 0 Å². The fourth-order valence-corrected chi connectivity index (χ4v) is 5.74. The third-order valence-corrected chi connectivity index (χ3v) is 8.04. The van der Waals surface area contributed by atoms with Gasteiger partial charge >= 0.3 is 0 Å². The second-order valence-corrected chi connectivity index (χ2v) is 10.7. The number of rotatable bonds is 9. The summed E-state index contributed by atoms with van der Waals surface area (Å²) < 4.78 is 20.0. The Hall–Kier alpha value is -2.44. The second kappa shape index (κ2) is 13.4. The molecule has 2 heterocycles. The van der Waals surface area contributed by atoms with Gasteiger partial charge in [0.05, 0.1) is 6.61 Å². The first kappa shape index (κ1) is 27.6. The Morgan fingerprint density at radius 3 is 2.68 bits per heavy atom. The molecule has 37 heavy (non-hydrogen) atoms. The van der Waals surface area contributed by atoms with E-state index in [0.717, 1.165) is 56.8 Å². The highest BCUT2D eigenvalue weighted by Gasteiger charge is 2.28. The van der Waals surface area contributed by atoms with Crippen LogP contribution < -0.4 is 0 Å². The molecule has 5 nitrogen and oxygen atoms in total. The lowest BCUT2D eigenvalue weighted by molar-refractivity contribution is -0.126. The maximum Gasteiger partial charge on any atom is 0.254 e. The van der Waals surface area contributed by atoms with Crippen molar-refractivity contribution >= 4 is 11.5 Å². The number of benzene rings is 1. The van der Waals surface area contributed by atoms with Crippen molar-refractivity contribution in [1.29, 1.82) is 0 Å². The predicted octanol–water partition coefficient (Wildman–Crippen LogP) is 5.57. The summed E-state index contributed by atoms with van der Waals surface area (Å²) in [6, 6.07) is 5.73. The van der Waals surface area contributed by atoms with Crippen molar-refractivity contribution in [3.05, 3.63) is 65.2 Å². The molecule has 6 heteroatoms. The molecule has 2 fully saturated rings. The van der Waals surface area contributed by atoms with E-state index < -0.39 is 0 Å². The fraction of sp³-hybridized carbons (Fsp3) is 0.581. The number of carbonyl (C=O) groups is 1. The molecule has 1 aliphatic carbocycles. The van der Waals surface area contributed by atoms with Crippen LogP contribution in [0.4, 0.5) is 4.39 Å². The molecule has 1 amide bonds. The summed E-state index contributed by atoms with van der Waals surface area (Å²) in [7, 11) is 0. The molecule has 0 N–H and O–H groups in total. The highest BCUT2D eigenvalue weighted by atomic mass is 19.1. The number of carbonyl (C=O) groups excluding carboxylic acids is 1. The highest BCUT2D eigenvalue weighted by Crippen LogP contribution is 2.25. The van der Waals surface area contributed by atoms with Gasteiger partial charge in [-0.15, -0.1) is 0 Å². The zero-order valence-electron chi connectivity index (χ0n) is 22.9. The zero-order valence-corrected chi connectivity index (χ0v) is 22.9. The van der Waals surface area contributed by atoms with E-state index in [9.17, 15) is 9.18 Å². The Kier molecular flexibility index (Phi) is 9.98. The minimum absolute atomic E-state index is 0.00363. The average Bonchev–Trinajstić information content (AvgIpc) is 2.92. The van der Waals surface area contributed by atoms with Gasteiger partial charge in [-0.25, -0.2) is 4.39 Å². The lowest BCUT2D eigenvalue weighted by Gasteiger charge is -2.39. The molecule has 2 unspecified atom stereocenters. The fourth-order valence-electron chi connectivity index (χ4n) is 5.74. The molecule has 1 aromatic rings. The number of amides is 1. The van der Waals surface area contributed by atoms with E-state index in [-0.39, 0.29) is 11.7 Å². The first-order chi connectivity index (χ1) is 18.0.